The Bertz CT molecular complexity index is 1480. The molecule has 48 heavy (non-hydrogen) atoms. The Labute approximate surface area is 282 Å². The molecule has 1 heterocycles. The lowest BCUT2D eigenvalue weighted by Crippen LogP contribution is -2.51. The van der Waals surface area contributed by atoms with Gasteiger partial charge < -0.3 is 13.7 Å². The number of nitro groups is 2. The highest BCUT2D eigenvalue weighted by atomic mass is 19.1. The van der Waals surface area contributed by atoms with E-state index in [-0.39, 0.29) is 28.1 Å². The number of esters is 1. The monoisotopic (exact) mass is 664 g/mol. The topological polar surface area (TPSA) is 113 Å². The van der Waals surface area contributed by atoms with Crippen molar-refractivity contribution in [3.05, 3.63) is 116 Å². The van der Waals surface area contributed by atoms with E-state index in [1.54, 1.807) is 36.4 Å². The van der Waals surface area contributed by atoms with Crippen LogP contribution >= 0.6 is 0 Å². The van der Waals surface area contributed by atoms with Gasteiger partial charge in [0.1, 0.15) is 25.5 Å². The third-order valence-corrected chi connectivity index (χ3v) is 9.49. The Morgan fingerprint density at radius 2 is 1.27 bits per heavy atom. The summed E-state index contributed by atoms with van der Waals surface area (Å²) in [6.45, 7) is 6.55. The second kappa shape index (κ2) is 17.8. The van der Waals surface area contributed by atoms with E-state index in [9.17, 15) is 29.4 Å². The minimum absolute atomic E-state index is 0.0467. The lowest BCUT2D eigenvalue weighted by atomic mass is 10.0. The van der Waals surface area contributed by atoms with E-state index in [1.165, 1.54) is 43.5 Å². The molecule has 1 aliphatic heterocycles. The number of benzene rings is 3. The highest BCUT2D eigenvalue weighted by Crippen LogP contribution is 2.26. The number of unbranched alkanes of at least 4 members (excludes halogenated alkanes) is 3. The first-order valence-corrected chi connectivity index (χ1v) is 17.1. The van der Waals surface area contributed by atoms with E-state index in [4.69, 9.17) is 4.74 Å². The number of halogens is 1. The average Bonchev–Trinajstić information content (AvgIpc) is 3.07. The van der Waals surface area contributed by atoms with Crippen molar-refractivity contribution in [2.24, 2.45) is 0 Å². The van der Waals surface area contributed by atoms with Gasteiger partial charge in [0.2, 0.25) is 0 Å². The van der Waals surface area contributed by atoms with Crippen LogP contribution in [-0.4, -0.2) is 64.6 Å². The Kier molecular flexibility index (Phi) is 13.6. The second-order valence-corrected chi connectivity index (χ2v) is 13.6. The molecule has 0 saturated carbocycles. The lowest BCUT2D eigenvalue weighted by Gasteiger charge is -2.42. The zero-order valence-corrected chi connectivity index (χ0v) is 28.1. The number of non-ortho nitro benzene ring substituents is 2. The van der Waals surface area contributed by atoms with Gasteiger partial charge in [0.15, 0.2) is 0 Å². The molecule has 11 heteroatoms. The summed E-state index contributed by atoms with van der Waals surface area (Å²) in [6, 6.07) is 20.0. The van der Waals surface area contributed by atoms with E-state index in [1.807, 2.05) is 12.1 Å². The van der Waals surface area contributed by atoms with Crippen molar-refractivity contribution in [1.29, 1.82) is 0 Å². The van der Waals surface area contributed by atoms with Crippen molar-refractivity contribution >= 4 is 17.3 Å². The van der Waals surface area contributed by atoms with Gasteiger partial charge in [-0.25, -0.2) is 4.39 Å². The van der Waals surface area contributed by atoms with Crippen molar-refractivity contribution < 1.29 is 32.7 Å². The number of hydrogen-bond donors (Lipinski definition) is 0. The summed E-state index contributed by atoms with van der Waals surface area (Å²) >= 11 is 0. The van der Waals surface area contributed by atoms with E-state index < -0.39 is 4.92 Å². The van der Waals surface area contributed by atoms with Gasteiger partial charge in [0.25, 0.3) is 11.4 Å². The van der Waals surface area contributed by atoms with Crippen LogP contribution in [0.4, 0.5) is 15.8 Å². The van der Waals surface area contributed by atoms with Crippen molar-refractivity contribution in [3.8, 4) is 0 Å². The maximum atomic E-state index is 13.5. The molecule has 258 valence electrons. The number of nitro benzene ring substituents is 2. The van der Waals surface area contributed by atoms with Crippen molar-refractivity contribution in [2.75, 3.05) is 39.8 Å². The zero-order chi connectivity index (χ0) is 34.4. The Hall–Kier alpha value is -4.22. The van der Waals surface area contributed by atoms with Gasteiger partial charge in [-0.2, -0.15) is 0 Å². The highest BCUT2D eigenvalue weighted by Gasteiger charge is 2.30. The van der Waals surface area contributed by atoms with Crippen molar-refractivity contribution in [2.45, 2.75) is 77.4 Å². The van der Waals surface area contributed by atoms with Crippen molar-refractivity contribution in [1.82, 2.24) is 0 Å². The van der Waals surface area contributed by atoms with E-state index in [0.29, 0.717) is 43.6 Å². The van der Waals surface area contributed by atoms with Crippen LogP contribution in [0, 0.1) is 26.0 Å². The summed E-state index contributed by atoms with van der Waals surface area (Å²) in [5.74, 6) is -0.474. The summed E-state index contributed by atoms with van der Waals surface area (Å²) in [6.07, 6.45) is 8.62. The van der Waals surface area contributed by atoms with Crippen LogP contribution in [0.15, 0.2) is 72.8 Å². The summed E-state index contributed by atoms with van der Waals surface area (Å²) in [4.78, 5) is 33.8. The summed E-state index contributed by atoms with van der Waals surface area (Å²) in [7, 11) is 2.09. The minimum atomic E-state index is -0.413. The molecule has 3 aromatic carbocycles. The second-order valence-electron chi connectivity index (χ2n) is 13.6. The highest BCUT2D eigenvalue weighted by molar-refractivity contribution is 5.69. The quantitative estimate of drug-likeness (QED) is 0.0424. The van der Waals surface area contributed by atoms with Gasteiger partial charge in [-0.1, -0.05) is 18.6 Å². The third-order valence-electron chi connectivity index (χ3n) is 9.49. The third kappa shape index (κ3) is 11.8. The minimum Gasteiger partial charge on any atom is -0.465 e. The normalized spacial score (nSPS) is 15.4. The molecule has 0 N–H and O–H groups in total. The largest absolute Gasteiger partial charge is 0.465 e. The first-order chi connectivity index (χ1) is 23.0. The standard InChI is InChI=1S/C37H49FN4O6/c1-41(28-31-11-17-34(38)18-12-31,29-32-13-19-35(20-14-32)39(44)45)23-9-27-48-37(43)10-5-2-3-6-24-42(25-7-4-8-26-42)30-33-15-21-36(22-16-33)40(46)47/h11-22H,2-10,23-30H2,1H3/q+2. The summed E-state index contributed by atoms with van der Waals surface area (Å²) in [5.41, 5.74) is 3.26. The predicted octanol–water partition coefficient (Wildman–Crippen LogP) is 7.87. The molecule has 1 unspecified atom stereocenters. The molecule has 0 amide bonds. The molecule has 1 saturated heterocycles. The molecule has 4 rings (SSSR count). The average molecular weight is 665 g/mol. The Balaban J connectivity index is 1.17. The number of quaternary nitrogens is 2. The Morgan fingerprint density at radius 3 is 1.83 bits per heavy atom. The Morgan fingerprint density at radius 1 is 0.750 bits per heavy atom. The van der Waals surface area contributed by atoms with E-state index in [0.717, 1.165) is 73.0 Å². The SMILES string of the molecule is C[N+](CCCOC(=O)CCCCCC[N+]1(Cc2ccc([N+](=O)[O-])cc2)CCCCC1)(Cc1ccc(F)cc1)Cc1ccc([N+](=O)[O-])cc1. The van der Waals surface area contributed by atoms with Crippen molar-refractivity contribution in [3.63, 3.8) is 0 Å². The summed E-state index contributed by atoms with van der Waals surface area (Å²) in [5, 5.41) is 22.1. The predicted molar refractivity (Wildman–Crippen MR) is 182 cm³/mol. The van der Waals surface area contributed by atoms with Crippen LogP contribution in [-0.2, 0) is 29.2 Å². The first-order valence-electron chi connectivity index (χ1n) is 17.1. The number of piperidine rings is 1. The van der Waals surface area contributed by atoms with Gasteiger partial charge in [0, 0.05) is 53.8 Å². The number of likely N-dealkylation sites (tertiary alicyclic amines) is 1. The number of rotatable bonds is 19. The zero-order valence-electron chi connectivity index (χ0n) is 28.1. The van der Waals surface area contributed by atoms with Gasteiger partial charge in [-0.05, 0) is 74.9 Å². The van der Waals surface area contributed by atoms with Crippen LogP contribution in [0.3, 0.4) is 0 Å². The molecule has 1 aliphatic rings. The molecule has 3 aromatic rings. The van der Waals surface area contributed by atoms with Crippen LogP contribution in [0.2, 0.25) is 0 Å². The van der Waals surface area contributed by atoms with E-state index in [2.05, 4.69) is 7.05 Å². The van der Waals surface area contributed by atoms with Gasteiger partial charge >= 0.3 is 5.97 Å². The van der Waals surface area contributed by atoms with E-state index >= 15 is 0 Å². The molecule has 1 fully saturated rings. The number of carbonyl (C=O) groups is 1. The number of nitrogens with zero attached hydrogens (tertiary/aromatic N) is 4. The fourth-order valence-electron chi connectivity index (χ4n) is 6.94. The molecule has 0 spiro atoms. The summed E-state index contributed by atoms with van der Waals surface area (Å²) < 4.78 is 20.7. The van der Waals surface area contributed by atoms with Crippen LogP contribution < -0.4 is 0 Å². The number of hydrogen-bond acceptors (Lipinski definition) is 6. The fourth-order valence-corrected chi connectivity index (χ4v) is 6.94. The lowest BCUT2D eigenvalue weighted by molar-refractivity contribution is -0.945. The smallest absolute Gasteiger partial charge is 0.305 e. The van der Waals surface area contributed by atoms with Gasteiger partial charge in [0.05, 0.1) is 49.7 Å². The molecule has 1 atom stereocenters. The van der Waals surface area contributed by atoms with Gasteiger partial charge in [-0.3, -0.25) is 25.0 Å². The maximum Gasteiger partial charge on any atom is 0.305 e. The number of carbonyl (C=O) groups excluding carboxylic acids is 1. The number of ether oxygens (including phenoxy) is 1. The molecular formula is C37H49FN4O6+2. The maximum absolute atomic E-state index is 13.5. The first kappa shape index (κ1) is 36.6. The molecule has 0 radical (unpaired) electrons. The van der Waals surface area contributed by atoms with Crippen LogP contribution in [0.1, 0.15) is 74.5 Å². The van der Waals surface area contributed by atoms with Crippen LogP contribution in [0.5, 0.6) is 0 Å². The van der Waals surface area contributed by atoms with Gasteiger partial charge in [-0.15, -0.1) is 0 Å². The van der Waals surface area contributed by atoms with Crippen LogP contribution in [0.25, 0.3) is 0 Å². The fraction of sp³-hybridized carbons (Fsp3) is 0.486. The molecule has 0 aliphatic carbocycles. The molecule has 0 aromatic heterocycles. The molecule has 0 bridgehead atoms. The molecular weight excluding hydrogens is 615 g/mol. The molecule has 10 nitrogen and oxygen atoms in total.